The van der Waals surface area contributed by atoms with Crippen LogP contribution >= 0.6 is 0 Å². The first-order valence-corrected chi connectivity index (χ1v) is 4.06. The van der Waals surface area contributed by atoms with Crippen LogP contribution in [0.2, 0.25) is 0 Å². The van der Waals surface area contributed by atoms with Crippen molar-refractivity contribution < 1.29 is 4.79 Å². The predicted molar refractivity (Wildman–Crippen MR) is 48.5 cm³/mol. The molecule has 0 bridgehead atoms. The Morgan fingerprint density at radius 3 is 2.18 bits per heavy atom. The first-order chi connectivity index (χ1) is 4.92. The van der Waals surface area contributed by atoms with Gasteiger partial charge in [-0.15, -0.1) is 0 Å². The number of carbonyl (C=O) groups is 1. The van der Waals surface area contributed by atoms with Gasteiger partial charge in [0.15, 0.2) is 0 Å². The van der Waals surface area contributed by atoms with E-state index in [-0.39, 0.29) is 5.78 Å². The topological polar surface area (TPSA) is 17.1 Å². The van der Waals surface area contributed by atoms with Crippen molar-refractivity contribution in [3.8, 4) is 0 Å². The summed E-state index contributed by atoms with van der Waals surface area (Å²) in [6.07, 6.45) is 5.66. The summed E-state index contributed by atoms with van der Waals surface area (Å²) in [7, 11) is 0. The zero-order valence-electron chi connectivity index (χ0n) is 7.98. The molecule has 1 heteroatoms. The summed E-state index contributed by atoms with van der Waals surface area (Å²) in [5, 5.41) is 0. The molecule has 0 atom stereocenters. The third kappa shape index (κ3) is 9.41. The van der Waals surface area contributed by atoms with Gasteiger partial charge in [-0.2, -0.15) is 0 Å². The van der Waals surface area contributed by atoms with Gasteiger partial charge in [-0.3, -0.25) is 4.79 Å². The zero-order valence-corrected chi connectivity index (χ0v) is 7.98. The molecule has 0 saturated carbocycles. The third-order valence-electron chi connectivity index (χ3n) is 1.30. The maximum atomic E-state index is 10.5. The summed E-state index contributed by atoms with van der Waals surface area (Å²) in [5.41, 5.74) is 0.341. The summed E-state index contributed by atoms with van der Waals surface area (Å²) < 4.78 is 0. The number of ketones is 1. The van der Waals surface area contributed by atoms with E-state index in [2.05, 4.69) is 26.8 Å². The fourth-order valence-electron chi connectivity index (χ4n) is 0.686. The Labute approximate surface area is 69.5 Å². The average Bonchev–Trinajstić information content (AvgIpc) is 1.78. The highest BCUT2D eigenvalue weighted by atomic mass is 16.1. The highest BCUT2D eigenvalue weighted by Crippen LogP contribution is 2.18. The summed E-state index contributed by atoms with van der Waals surface area (Å²) in [4.78, 5) is 10.5. The van der Waals surface area contributed by atoms with Gasteiger partial charge in [0.1, 0.15) is 5.78 Å². The zero-order chi connectivity index (χ0) is 8.91. The summed E-state index contributed by atoms with van der Waals surface area (Å²) >= 11 is 0. The van der Waals surface area contributed by atoms with Crippen molar-refractivity contribution in [3.63, 3.8) is 0 Å². The molecule has 0 saturated heterocycles. The fourth-order valence-corrected chi connectivity index (χ4v) is 0.686. The molecule has 0 fully saturated rings. The van der Waals surface area contributed by atoms with Crippen LogP contribution in [0.4, 0.5) is 0 Å². The molecule has 64 valence electrons. The molecule has 0 aromatic carbocycles. The van der Waals surface area contributed by atoms with Gasteiger partial charge in [0.25, 0.3) is 0 Å². The van der Waals surface area contributed by atoms with Gasteiger partial charge in [0.2, 0.25) is 0 Å². The van der Waals surface area contributed by atoms with Gasteiger partial charge >= 0.3 is 0 Å². The van der Waals surface area contributed by atoms with Crippen molar-refractivity contribution in [1.29, 1.82) is 0 Å². The van der Waals surface area contributed by atoms with E-state index in [1.807, 2.05) is 6.08 Å². The number of rotatable bonds is 3. The summed E-state index contributed by atoms with van der Waals surface area (Å²) in [5.74, 6) is 0.232. The van der Waals surface area contributed by atoms with Gasteiger partial charge in [0, 0.05) is 6.42 Å². The van der Waals surface area contributed by atoms with Gasteiger partial charge in [-0.25, -0.2) is 0 Å². The Balaban J connectivity index is 3.53. The first-order valence-electron chi connectivity index (χ1n) is 4.06. The molecule has 0 aliphatic carbocycles. The largest absolute Gasteiger partial charge is 0.300 e. The van der Waals surface area contributed by atoms with E-state index in [0.717, 1.165) is 6.42 Å². The monoisotopic (exact) mass is 154 g/mol. The van der Waals surface area contributed by atoms with Crippen LogP contribution in [0.15, 0.2) is 12.2 Å². The molecule has 11 heavy (non-hydrogen) atoms. The van der Waals surface area contributed by atoms with Crippen LogP contribution in [-0.2, 0) is 4.79 Å². The lowest BCUT2D eigenvalue weighted by atomic mass is 9.92. The number of allylic oxidation sites excluding steroid dienone is 2. The van der Waals surface area contributed by atoms with Crippen LogP contribution in [0.3, 0.4) is 0 Å². The highest BCUT2D eigenvalue weighted by Gasteiger charge is 2.05. The summed E-state index contributed by atoms with van der Waals surface area (Å²) in [6, 6.07) is 0. The Hall–Kier alpha value is -0.590. The molecule has 0 spiro atoms. The number of hydrogen-bond acceptors (Lipinski definition) is 1. The van der Waals surface area contributed by atoms with Gasteiger partial charge in [0.05, 0.1) is 0 Å². The van der Waals surface area contributed by atoms with Crippen LogP contribution in [0.1, 0.15) is 40.5 Å². The Morgan fingerprint density at radius 2 is 1.82 bits per heavy atom. The molecule has 0 heterocycles. The van der Waals surface area contributed by atoms with E-state index < -0.39 is 0 Å². The van der Waals surface area contributed by atoms with E-state index in [1.54, 1.807) is 6.92 Å². The Kier molecular flexibility index (Phi) is 4.09. The molecule has 0 aromatic rings. The average molecular weight is 154 g/mol. The van der Waals surface area contributed by atoms with Crippen molar-refractivity contribution in [2.75, 3.05) is 0 Å². The van der Waals surface area contributed by atoms with E-state index >= 15 is 0 Å². The maximum Gasteiger partial charge on any atom is 0.133 e. The predicted octanol–water partition coefficient (Wildman–Crippen LogP) is 2.96. The van der Waals surface area contributed by atoms with Gasteiger partial charge in [-0.1, -0.05) is 32.9 Å². The van der Waals surface area contributed by atoms with Gasteiger partial charge in [-0.05, 0) is 18.8 Å². The summed E-state index contributed by atoms with van der Waals surface area (Å²) in [6.45, 7) is 8.17. The van der Waals surface area contributed by atoms with Crippen LogP contribution in [0, 0.1) is 5.41 Å². The Morgan fingerprint density at radius 1 is 1.27 bits per heavy atom. The maximum absolute atomic E-state index is 10.5. The molecule has 0 aliphatic heterocycles. The molecular weight excluding hydrogens is 136 g/mol. The van der Waals surface area contributed by atoms with Crippen molar-refractivity contribution in [1.82, 2.24) is 0 Å². The smallest absolute Gasteiger partial charge is 0.133 e. The second-order valence-corrected chi connectivity index (χ2v) is 4.14. The van der Waals surface area contributed by atoms with Crippen LogP contribution < -0.4 is 0 Å². The second-order valence-electron chi connectivity index (χ2n) is 4.14. The van der Waals surface area contributed by atoms with Crippen LogP contribution in [0.25, 0.3) is 0 Å². The van der Waals surface area contributed by atoms with Crippen LogP contribution in [0.5, 0.6) is 0 Å². The molecule has 0 radical (unpaired) electrons. The molecule has 1 nitrogen and oxygen atoms in total. The quantitative estimate of drug-likeness (QED) is 0.571. The van der Waals surface area contributed by atoms with Crippen molar-refractivity contribution in [2.45, 2.75) is 40.5 Å². The third-order valence-corrected chi connectivity index (χ3v) is 1.30. The van der Waals surface area contributed by atoms with E-state index in [1.165, 1.54) is 0 Å². The normalized spacial score (nSPS) is 12.4. The van der Waals surface area contributed by atoms with E-state index in [0.29, 0.717) is 11.8 Å². The fraction of sp³-hybridized carbons (Fsp3) is 0.700. The van der Waals surface area contributed by atoms with Crippen molar-refractivity contribution in [3.05, 3.63) is 12.2 Å². The molecular formula is C10H18O. The lowest BCUT2D eigenvalue weighted by molar-refractivity contribution is -0.116. The molecule has 0 amide bonds. The lowest BCUT2D eigenvalue weighted by Gasteiger charge is -2.14. The van der Waals surface area contributed by atoms with Crippen LogP contribution in [-0.4, -0.2) is 5.78 Å². The Bertz CT molecular complexity index is 149. The minimum absolute atomic E-state index is 0.232. The van der Waals surface area contributed by atoms with Crippen molar-refractivity contribution in [2.24, 2.45) is 5.41 Å². The number of Topliss-reactive ketones (excluding diaryl/α,β-unsaturated/α-hetero) is 1. The van der Waals surface area contributed by atoms with Gasteiger partial charge < -0.3 is 0 Å². The highest BCUT2D eigenvalue weighted by molar-refractivity contribution is 5.76. The molecule has 0 N–H and O–H groups in total. The minimum Gasteiger partial charge on any atom is -0.300 e. The SMILES string of the molecule is CC(=O)CC=CCC(C)(C)C. The first kappa shape index (κ1) is 10.4. The minimum atomic E-state index is 0.232. The molecule has 0 aliphatic rings. The molecule has 0 unspecified atom stereocenters. The number of hydrogen-bond donors (Lipinski definition) is 0. The molecule has 0 aromatic heterocycles. The van der Waals surface area contributed by atoms with Crippen molar-refractivity contribution >= 4 is 5.78 Å². The second kappa shape index (κ2) is 4.32. The molecule has 0 rings (SSSR count). The standard InChI is InChI=1S/C10H18O/c1-9(11)7-5-6-8-10(2,3)4/h5-6H,7-8H2,1-4H3. The lowest BCUT2D eigenvalue weighted by Crippen LogP contribution is -2.01. The van der Waals surface area contributed by atoms with E-state index in [4.69, 9.17) is 0 Å². The number of carbonyl (C=O) groups excluding carboxylic acids is 1. The van der Waals surface area contributed by atoms with E-state index in [9.17, 15) is 4.79 Å².